The van der Waals surface area contributed by atoms with Crippen LogP contribution in [-0.2, 0) is 4.79 Å². The molecule has 2 aromatic rings. The number of rotatable bonds is 5. The Kier molecular flexibility index (Phi) is 5.69. The molecule has 1 atom stereocenters. The predicted molar refractivity (Wildman–Crippen MR) is 87.8 cm³/mol. The summed E-state index contributed by atoms with van der Waals surface area (Å²) in [6.07, 6.45) is -0.600. The lowest BCUT2D eigenvalue weighted by Gasteiger charge is -2.10. The minimum absolute atomic E-state index is 0.528. The zero-order valence-corrected chi connectivity index (χ0v) is 12.9. The van der Waals surface area contributed by atoms with E-state index < -0.39 is 12.0 Å². The van der Waals surface area contributed by atoms with E-state index in [1.54, 1.807) is 36.4 Å². The van der Waals surface area contributed by atoms with Crippen molar-refractivity contribution < 1.29 is 9.90 Å². The van der Waals surface area contributed by atoms with Crippen LogP contribution in [0.4, 0.5) is 0 Å². The lowest BCUT2D eigenvalue weighted by molar-refractivity contribution is -0.129. The smallest absolute Gasteiger partial charge is 0.273 e. The van der Waals surface area contributed by atoms with Crippen LogP contribution in [0.1, 0.15) is 30.6 Å². The van der Waals surface area contributed by atoms with Gasteiger partial charge in [0.25, 0.3) is 5.91 Å². The number of nitrogens with zero attached hydrogens (tertiary/aromatic N) is 1. The molecule has 0 bridgehead atoms. The molecule has 2 N–H and O–H groups in total. The molecule has 5 heteroatoms. The van der Waals surface area contributed by atoms with Gasteiger partial charge in [-0.2, -0.15) is 5.10 Å². The Balaban J connectivity index is 2.08. The van der Waals surface area contributed by atoms with E-state index in [1.165, 1.54) is 0 Å². The van der Waals surface area contributed by atoms with Crippen molar-refractivity contribution in [3.8, 4) is 0 Å². The molecule has 0 aliphatic rings. The Morgan fingerprint density at radius 2 is 1.82 bits per heavy atom. The molecule has 0 heterocycles. The van der Waals surface area contributed by atoms with Crippen molar-refractivity contribution in [2.45, 2.75) is 19.4 Å². The van der Waals surface area contributed by atoms with Crippen LogP contribution in [0.15, 0.2) is 59.7 Å². The van der Waals surface area contributed by atoms with Gasteiger partial charge in [-0.05, 0) is 29.7 Å². The summed E-state index contributed by atoms with van der Waals surface area (Å²) in [5.74, 6) is -0.564. The second kappa shape index (κ2) is 7.73. The summed E-state index contributed by atoms with van der Waals surface area (Å²) in [6, 6.07) is 15.9. The van der Waals surface area contributed by atoms with Crippen molar-refractivity contribution >= 4 is 23.2 Å². The molecule has 0 saturated heterocycles. The van der Waals surface area contributed by atoms with Crippen molar-refractivity contribution in [1.82, 2.24) is 5.43 Å². The van der Waals surface area contributed by atoms with Gasteiger partial charge in [0, 0.05) is 5.02 Å². The minimum atomic E-state index is -1.24. The molecule has 0 aliphatic carbocycles. The number of benzene rings is 2. The van der Waals surface area contributed by atoms with Crippen LogP contribution in [0.25, 0.3) is 0 Å². The molecular formula is C17H17ClN2O2. The number of carbonyl (C=O) groups is 1. The van der Waals surface area contributed by atoms with Crippen molar-refractivity contribution in [3.05, 3.63) is 70.7 Å². The Morgan fingerprint density at radius 1 is 1.18 bits per heavy atom. The van der Waals surface area contributed by atoms with Gasteiger partial charge in [-0.3, -0.25) is 4.79 Å². The predicted octanol–water partition coefficient (Wildman–Crippen LogP) is 3.30. The fraction of sp³-hybridized carbons (Fsp3) is 0.176. The van der Waals surface area contributed by atoms with Gasteiger partial charge in [0.2, 0.25) is 0 Å². The molecule has 0 aliphatic heterocycles. The fourth-order valence-electron chi connectivity index (χ4n) is 1.96. The molecule has 1 unspecified atom stereocenters. The van der Waals surface area contributed by atoms with Crippen LogP contribution < -0.4 is 5.43 Å². The summed E-state index contributed by atoms with van der Waals surface area (Å²) in [5, 5.41) is 14.7. The number of carbonyl (C=O) groups excluding carboxylic acids is 1. The molecule has 4 nitrogen and oxygen atoms in total. The highest BCUT2D eigenvalue weighted by Gasteiger charge is 2.16. The number of aliphatic hydroxyl groups excluding tert-OH is 1. The molecule has 0 fully saturated rings. The first-order chi connectivity index (χ1) is 10.6. The summed E-state index contributed by atoms with van der Waals surface area (Å²) in [7, 11) is 0. The van der Waals surface area contributed by atoms with Gasteiger partial charge in [0.05, 0.1) is 5.71 Å². The first-order valence-electron chi connectivity index (χ1n) is 6.97. The Morgan fingerprint density at radius 3 is 2.41 bits per heavy atom. The van der Waals surface area contributed by atoms with Gasteiger partial charge in [-0.1, -0.05) is 61.0 Å². The van der Waals surface area contributed by atoms with Crippen LogP contribution in [0, 0.1) is 0 Å². The maximum Gasteiger partial charge on any atom is 0.273 e. The number of aliphatic hydroxyl groups is 1. The fourth-order valence-corrected chi connectivity index (χ4v) is 2.09. The Hall–Kier alpha value is -2.17. The van der Waals surface area contributed by atoms with E-state index in [-0.39, 0.29) is 0 Å². The van der Waals surface area contributed by atoms with Gasteiger partial charge in [-0.15, -0.1) is 0 Å². The zero-order valence-electron chi connectivity index (χ0n) is 12.2. The topological polar surface area (TPSA) is 61.7 Å². The van der Waals surface area contributed by atoms with Gasteiger partial charge < -0.3 is 5.11 Å². The number of halogens is 1. The van der Waals surface area contributed by atoms with E-state index in [1.807, 2.05) is 25.1 Å². The quantitative estimate of drug-likeness (QED) is 0.656. The highest BCUT2D eigenvalue weighted by Crippen LogP contribution is 2.13. The Bertz CT molecular complexity index is 654. The van der Waals surface area contributed by atoms with Crippen LogP contribution in [0.5, 0.6) is 0 Å². The first-order valence-corrected chi connectivity index (χ1v) is 7.35. The van der Waals surface area contributed by atoms with Gasteiger partial charge in [0.15, 0.2) is 6.10 Å². The molecule has 114 valence electrons. The summed E-state index contributed by atoms with van der Waals surface area (Å²) < 4.78 is 0. The van der Waals surface area contributed by atoms with Crippen LogP contribution in [0.2, 0.25) is 5.02 Å². The average Bonchev–Trinajstić information content (AvgIpc) is 2.56. The van der Waals surface area contributed by atoms with E-state index in [4.69, 9.17) is 11.6 Å². The van der Waals surface area contributed by atoms with E-state index in [9.17, 15) is 9.90 Å². The zero-order chi connectivity index (χ0) is 15.9. The van der Waals surface area contributed by atoms with E-state index in [0.29, 0.717) is 22.7 Å². The van der Waals surface area contributed by atoms with Crippen LogP contribution in [0.3, 0.4) is 0 Å². The normalized spacial score (nSPS) is 12.8. The third-order valence-corrected chi connectivity index (χ3v) is 3.43. The third-order valence-electron chi connectivity index (χ3n) is 3.18. The van der Waals surface area contributed by atoms with Crippen molar-refractivity contribution in [2.24, 2.45) is 5.10 Å². The maximum atomic E-state index is 12.0. The molecule has 2 rings (SSSR count). The van der Waals surface area contributed by atoms with Gasteiger partial charge >= 0.3 is 0 Å². The second-order valence-electron chi connectivity index (χ2n) is 4.71. The number of hydrogen-bond acceptors (Lipinski definition) is 3. The standard InChI is InChI=1S/C17H17ClN2O2/c1-2-15(12-8-10-14(18)11-9-12)19-20-17(22)16(21)13-6-4-3-5-7-13/h3-11,16,21H,2H2,1H3,(H,20,22). The highest BCUT2D eigenvalue weighted by atomic mass is 35.5. The van der Waals surface area contributed by atoms with Crippen LogP contribution in [-0.4, -0.2) is 16.7 Å². The summed E-state index contributed by atoms with van der Waals surface area (Å²) >= 11 is 5.85. The lowest BCUT2D eigenvalue weighted by Crippen LogP contribution is -2.26. The second-order valence-corrected chi connectivity index (χ2v) is 5.14. The summed E-state index contributed by atoms with van der Waals surface area (Å²) in [4.78, 5) is 12.0. The third kappa shape index (κ3) is 4.16. The molecule has 22 heavy (non-hydrogen) atoms. The number of hydrogen-bond donors (Lipinski definition) is 2. The van der Waals surface area contributed by atoms with Gasteiger partial charge in [-0.25, -0.2) is 5.43 Å². The highest BCUT2D eigenvalue weighted by molar-refractivity contribution is 6.30. The summed E-state index contributed by atoms with van der Waals surface area (Å²) in [6.45, 7) is 1.94. The van der Waals surface area contributed by atoms with Crippen molar-refractivity contribution in [3.63, 3.8) is 0 Å². The minimum Gasteiger partial charge on any atom is -0.378 e. The molecule has 0 aromatic heterocycles. The van der Waals surface area contributed by atoms with E-state index in [2.05, 4.69) is 10.5 Å². The average molecular weight is 317 g/mol. The largest absolute Gasteiger partial charge is 0.378 e. The Labute approximate surface area is 134 Å². The molecule has 0 saturated carbocycles. The SMILES string of the molecule is CCC(=NNC(=O)C(O)c1ccccc1)c1ccc(Cl)cc1. The molecule has 0 radical (unpaired) electrons. The molecule has 0 spiro atoms. The molecular weight excluding hydrogens is 300 g/mol. The molecule has 1 amide bonds. The first kappa shape index (κ1) is 16.2. The van der Waals surface area contributed by atoms with Gasteiger partial charge in [0.1, 0.15) is 0 Å². The van der Waals surface area contributed by atoms with Crippen molar-refractivity contribution in [2.75, 3.05) is 0 Å². The monoisotopic (exact) mass is 316 g/mol. The van der Waals surface area contributed by atoms with E-state index >= 15 is 0 Å². The van der Waals surface area contributed by atoms with Crippen LogP contribution >= 0.6 is 11.6 Å². The van der Waals surface area contributed by atoms with Crippen molar-refractivity contribution in [1.29, 1.82) is 0 Å². The lowest BCUT2D eigenvalue weighted by atomic mass is 10.1. The summed E-state index contributed by atoms with van der Waals surface area (Å²) in [5.41, 5.74) is 4.53. The maximum absolute atomic E-state index is 12.0. The molecule has 2 aromatic carbocycles. The van der Waals surface area contributed by atoms with E-state index in [0.717, 1.165) is 5.56 Å². The number of nitrogens with one attached hydrogen (secondary N) is 1. The number of amides is 1. The number of hydrazone groups is 1.